The minimum absolute atomic E-state index is 0.454. The van der Waals surface area contributed by atoms with Crippen LogP contribution in [0, 0.1) is 0 Å². The first-order valence-electron chi connectivity index (χ1n) is 2.69. The number of hydrazine groups is 1. The molecular formula is C4H9N3O2. The van der Waals surface area contributed by atoms with Crippen molar-refractivity contribution in [3.8, 4) is 0 Å². The largest absolute Gasteiger partial charge is 0.370 e. The van der Waals surface area contributed by atoms with Gasteiger partial charge in [0.05, 0.1) is 0 Å². The highest BCUT2D eigenvalue weighted by atomic mass is 16.3. The number of rotatable bonds is 0. The zero-order chi connectivity index (χ0) is 6.85. The summed E-state index contributed by atoms with van der Waals surface area (Å²) >= 11 is 0. The van der Waals surface area contributed by atoms with Gasteiger partial charge in [-0.3, -0.25) is 15.1 Å². The highest BCUT2D eigenvalue weighted by molar-refractivity contribution is 5.80. The summed E-state index contributed by atoms with van der Waals surface area (Å²) in [4.78, 5) is 10.6. The molecule has 1 heterocycles. The van der Waals surface area contributed by atoms with Crippen molar-refractivity contribution in [3.05, 3.63) is 0 Å². The predicted octanol–water partition coefficient (Wildman–Crippen LogP) is -2.39. The Balaban J connectivity index is 2.52. The minimum atomic E-state index is -1.11. The molecule has 4 N–H and O–H groups in total. The fourth-order valence-corrected chi connectivity index (χ4v) is 0.676. The zero-order valence-electron chi connectivity index (χ0n) is 4.87. The molecule has 1 atom stereocenters. The topological polar surface area (TPSA) is 78.6 Å². The van der Waals surface area contributed by atoms with Crippen LogP contribution in [-0.4, -0.2) is 35.3 Å². The summed E-state index contributed by atoms with van der Waals surface area (Å²) in [6.07, 6.45) is -1.11. The van der Waals surface area contributed by atoms with Crippen LogP contribution in [0.15, 0.2) is 0 Å². The van der Waals surface area contributed by atoms with Crippen molar-refractivity contribution >= 4 is 5.91 Å². The first-order valence-corrected chi connectivity index (χ1v) is 2.69. The monoisotopic (exact) mass is 131 g/mol. The molecule has 1 unspecified atom stereocenters. The van der Waals surface area contributed by atoms with Gasteiger partial charge in [-0.1, -0.05) is 0 Å². The number of hydrogen-bond acceptors (Lipinski definition) is 4. The third-order valence-electron chi connectivity index (χ3n) is 1.21. The first-order chi connectivity index (χ1) is 4.22. The highest BCUT2D eigenvalue weighted by Crippen LogP contribution is 1.90. The van der Waals surface area contributed by atoms with Crippen molar-refractivity contribution in [2.45, 2.75) is 6.23 Å². The van der Waals surface area contributed by atoms with Crippen molar-refractivity contribution in [1.29, 1.82) is 0 Å². The fourth-order valence-electron chi connectivity index (χ4n) is 0.676. The lowest BCUT2D eigenvalue weighted by Gasteiger charge is -2.25. The molecule has 0 spiro atoms. The van der Waals surface area contributed by atoms with E-state index in [0.29, 0.717) is 13.1 Å². The van der Waals surface area contributed by atoms with Gasteiger partial charge in [0.15, 0.2) is 6.23 Å². The van der Waals surface area contributed by atoms with Crippen LogP contribution in [0.2, 0.25) is 0 Å². The lowest BCUT2D eigenvalue weighted by Crippen LogP contribution is -2.57. The number of carbonyl (C=O) groups excluding carboxylic acids is 1. The summed E-state index contributed by atoms with van der Waals surface area (Å²) < 4.78 is 0. The molecule has 5 nitrogen and oxygen atoms in total. The molecule has 1 aliphatic rings. The molecule has 1 amide bonds. The van der Waals surface area contributed by atoms with Gasteiger partial charge in [-0.25, -0.2) is 5.84 Å². The van der Waals surface area contributed by atoms with Gasteiger partial charge < -0.3 is 5.11 Å². The summed E-state index contributed by atoms with van der Waals surface area (Å²) in [5.41, 5.74) is 0. The maximum absolute atomic E-state index is 10.6. The van der Waals surface area contributed by atoms with Crippen LogP contribution in [0.1, 0.15) is 0 Å². The van der Waals surface area contributed by atoms with Crippen LogP contribution in [0.3, 0.4) is 0 Å². The van der Waals surface area contributed by atoms with Crippen LogP contribution >= 0.6 is 0 Å². The van der Waals surface area contributed by atoms with Crippen LogP contribution in [-0.2, 0) is 4.79 Å². The second kappa shape index (κ2) is 2.30. The maximum atomic E-state index is 10.6. The van der Waals surface area contributed by atoms with E-state index in [-0.39, 0.29) is 0 Å². The van der Waals surface area contributed by atoms with Gasteiger partial charge in [-0.15, -0.1) is 0 Å². The van der Waals surface area contributed by atoms with E-state index in [4.69, 9.17) is 10.9 Å². The van der Waals surface area contributed by atoms with Crippen LogP contribution in [0.25, 0.3) is 0 Å². The molecule has 1 saturated heterocycles. The molecule has 52 valence electrons. The molecule has 1 aliphatic heterocycles. The van der Waals surface area contributed by atoms with E-state index in [1.165, 1.54) is 0 Å². The minimum Gasteiger partial charge on any atom is -0.370 e. The summed E-state index contributed by atoms with van der Waals surface area (Å²) in [6, 6.07) is 0. The number of nitrogens with zero attached hydrogens (tertiary/aromatic N) is 1. The number of nitrogens with two attached hydrogens (primary N) is 1. The van der Waals surface area contributed by atoms with Crippen LogP contribution in [0.4, 0.5) is 0 Å². The molecule has 0 aliphatic carbocycles. The third kappa shape index (κ3) is 1.18. The number of aliphatic hydroxyl groups is 1. The fraction of sp³-hybridized carbons (Fsp3) is 0.750. The van der Waals surface area contributed by atoms with Gasteiger partial charge in [0, 0.05) is 13.1 Å². The second-order valence-corrected chi connectivity index (χ2v) is 1.89. The number of amides is 1. The number of aliphatic hydroxyl groups excluding tert-OH is 1. The van der Waals surface area contributed by atoms with E-state index < -0.39 is 12.1 Å². The second-order valence-electron chi connectivity index (χ2n) is 1.89. The molecule has 9 heavy (non-hydrogen) atoms. The molecular weight excluding hydrogens is 122 g/mol. The Labute approximate surface area is 52.4 Å². The van der Waals surface area contributed by atoms with E-state index in [1.54, 1.807) is 0 Å². The molecule has 5 heteroatoms. The molecule has 0 radical (unpaired) electrons. The van der Waals surface area contributed by atoms with E-state index in [0.717, 1.165) is 5.01 Å². The Morgan fingerprint density at radius 3 is 3.00 bits per heavy atom. The van der Waals surface area contributed by atoms with Gasteiger partial charge in [0.25, 0.3) is 5.91 Å². The van der Waals surface area contributed by atoms with E-state index in [1.807, 2.05) is 0 Å². The Morgan fingerprint density at radius 2 is 2.56 bits per heavy atom. The lowest BCUT2D eigenvalue weighted by molar-refractivity contribution is -0.145. The van der Waals surface area contributed by atoms with Crippen molar-refractivity contribution in [1.82, 2.24) is 10.3 Å². The lowest BCUT2D eigenvalue weighted by atomic mass is 10.4. The smallest absolute Gasteiger partial charge is 0.280 e. The van der Waals surface area contributed by atoms with Crippen LogP contribution < -0.4 is 11.2 Å². The van der Waals surface area contributed by atoms with Gasteiger partial charge >= 0.3 is 0 Å². The standard InChI is InChI=1S/C4H9N3O2/c5-7-2-1-6-3(8)4(7)9/h3,6,8H,1-2,5H2. The number of piperazine rings is 1. The third-order valence-corrected chi connectivity index (χ3v) is 1.21. The highest BCUT2D eigenvalue weighted by Gasteiger charge is 2.23. The van der Waals surface area contributed by atoms with E-state index >= 15 is 0 Å². The molecule has 0 bridgehead atoms. The Kier molecular flexibility index (Phi) is 1.65. The zero-order valence-corrected chi connectivity index (χ0v) is 4.87. The van der Waals surface area contributed by atoms with Crippen LogP contribution in [0.5, 0.6) is 0 Å². The van der Waals surface area contributed by atoms with Gasteiger partial charge in [-0.2, -0.15) is 0 Å². The summed E-state index contributed by atoms with van der Waals surface area (Å²) in [5, 5.41) is 12.3. The molecule has 0 saturated carbocycles. The molecule has 0 aromatic rings. The quantitative estimate of drug-likeness (QED) is 0.253. The predicted molar refractivity (Wildman–Crippen MR) is 29.9 cm³/mol. The Morgan fingerprint density at radius 1 is 1.89 bits per heavy atom. The molecule has 0 aromatic heterocycles. The molecule has 0 aromatic carbocycles. The maximum Gasteiger partial charge on any atom is 0.280 e. The number of nitrogens with one attached hydrogen (secondary N) is 1. The summed E-state index contributed by atoms with van der Waals surface area (Å²) in [5.74, 6) is 4.68. The average molecular weight is 131 g/mol. The first kappa shape index (κ1) is 6.47. The summed E-state index contributed by atoms with van der Waals surface area (Å²) in [6.45, 7) is 0.999. The van der Waals surface area contributed by atoms with Crippen molar-refractivity contribution in [2.24, 2.45) is 5.84 Å². The summed E-state index contributed by atoms with van der Waals surface area (Å²) in [7, 11) is 0. The van der Waals surface area contributed by atoms with Gasteiger partial charge in [-0.05, 0) is 0 Å². The van der Waals surface area contributed by atoms with Gasteiger partial charge in [0.1, 0.15) is 0 Å². The SMILES string of the molecule is NN1CCNC(O)C1=O. The van der Waals surface area contributed by atoms with E-state index in [2.05, 4.69) is 5.32 Å². The van der Waals surface area contributed by atoms with Gasteiger partial charge in [0.2, 0.25) is 0 Å². The number of carbonyl (C=O) groups is 1. The van der Waals surface area contributed by atoms with E-state index in [9.17, 15) is 4.79 Å². The Hall–Kier alpha value is -0.650. The number of hydrogen-bond donors (Lipinski definition) is 3. The average Bonchev–Trinajstić information content (AvgIpc) is 1.83. The molecule has 1 fully saturated rings. The van der Waals surface area contributed by atoms with Crippen molar-refractivity contribution < 1.29 is 9.90 Å². The Bertz CT molecular complexity index is 115. The molecule has 1 rings (SSSR count). The van der Waals surface area contributed by atoms with Crippen molar-refractivity contribution in [2.75, 3.05) is 13.1 Å². The normalized spacial score (nSPS) is 28.9. The van der Waals surface area contributed by atoms with Crippen molar-refractivity contribution in [3.63, 3.8) is 0 Å².